The van der Waals surface area contributed by atoms with E-state index in [4.69, 9.17) is 0 Å². The van der Waals surface area contributed by atoms with Crippen molar-refractivity contribution in [3.05, 3.63) is 35.4 Å². The van der Waals surface area contributed by atoms with E-state index in [1.54, 1.807) is 5.32 Å². The molecule has 1 aromatic carbocycles. The van der Waals surface area contributed by atoms with Crippen molar-refractivity contribution in [3.8, 4) is 0 Å². The third kappa shape index (κ3) is 4.22. The highest BCUT2D eigenvalue weighted by Crippen LogP contribution is 2.35. The second kappa shape index (κ2) is 6.37. The Labute approximate surface area is 126 Å². The number of rotatable bonds is 4. The summed E-state index contributed by atoms with van der Waals surface area (Å²) in [5.41, 5.74) is 2.14. The van der Waals surface area contributed by atoms with Gasteiger partial charge in [-0.3, -0.25) is 9.59 Å². The minimum absolute atomic E-state index is 0.180. The van der Waals surface area contributed by atoms with Crippen molar-refractivity contribution in [2.45, 2.75) is 32.0 Å². The first-order valence-electron chi connectivity index (χ1n) is 6.97. The number of hydrogen-bond donors (Lipinski definition) is 2. The van der Waals surface area contributed by atoms with Crippen molar-refractivity contribution in [3.63, 3.8) is 0 Å². The predicted molar refractivity (Wildman–Crippen MR) is 73.9 cm³/mol. The highest BCUT2D eigenvalue weighted by Gasteiger charge is 2.31. The van der Waals surface area contributed by atoms with Crippen LogP contribution in [0.1, 0.15) is 30.5 Å². The molecule has 120 valence electrons. The first-order valence-corrected chi connectivity index (χ1v) is 6.97. The van der Waals surface area contributed by atoms with Crippen molar-refractivity contribution in [1.29, 1.82) is 0 Å². The van der Waals surface area contributed by atoms with Crippen molar-refractivity contribution in [1.82, 2.24) is 10.6 Å². The van der Waals surface area contributed by atoms with E-state index in [2.05, 4.69) is 5.32 Å². The van der Waals surface area contributed by atoms with Gasteiger partial charge in [0, 0.05) is 0 Å². The molecule has 0 aliphatic heterocycles. The summed E-state index contributed by atoms with van der Waals surface area (Å²) in [5.74, 6) is -1.33. The molecule has 0 fully saturated rings. The number of fused-ring (bicyclic) bond motifs is 1. The lowest BCUT2D eigenvalue weighted by Gasteiger charge is -2.18. The Morgan fingerprint density at radius 2 is 1.91 bits per heavy atom. The normalized spacial score (nSPS) is 20.4. The van der Waals surface area contributed by atoms with Crippen molar-refractivity contribution in [2.75, 3.05) is 6.54 Å². The molecule has 0 heterocycles. The molecule has 1 aliphatic rings. The van der Waals surface area contributed by atoms with Gasteiger partial charge in [-0.2, -0.15) is 13.2 Å². The summed E-state index contributed by atoms with van der Waals surface area (Å²) in [7, 11) is 0. The van der Waals surface area contributed by atoms with E-state index in [0.29, 0.717) is 0 Å². The first kappa shape index (κ1) is 16.3. The summed E-state index contributed by atoms with van der Waals surface area (Å²) in [6, 6.07) is 7.47. The van der Waals surface area contributed by atoms with Crippen LogP contribution < -0.4 is 10.6 Å². The van der Waals surface area contributed by atoms with Crippen molar-refractivity contribution >= 4 is 11.8 Å². The molecule has 0 saturated carbocycles. The van der Waals surface area contributed by atoms with Gasteiger partial charge in [0.15, 0.2) is 0 Å². The zero-order valence-corrected chi connectivity index (χ0v) is 12.0. The maximum Gasteiger partial charge on any atom is 0.405 e. The zero-order valence-electron chi connectivity index (χ0n) is 12.0. The molecular formula is C15H17F3N2O2. The van der Waals surface area contributed by atoms with Crippen LogP contribution in [0.5, 0.6) is 0 Å². The summed E-state index contributed by atoms with van der Waals surface area (Å²) in [4.78, 5) is 23.2. The van der Waals surface area contributed by atoms with E-state index in [9.17, 15) is 22.8 Å². The summed E-state index contributed by atoms with van der Waals surface area (Å²) < 4.78 is 35.9. The minimum Gasteiger partial charge on any atom is -0.349 e. The third-order valence-corrected chi connectivity index (χ3v) is 3.62. The molecule has 2 amide bonds. The second-order valence-corrected chi connectivity index (χ2v) is 5.49. The highest BCUT2D eigenvalue weighted by molar-refractivity contribution is 5.97. The molecule has 0 saturated heterocycles. The molecule has 0 aromatic heterocycles. The Hall–Kier alpha value is -2.05. The van der Waals surface area contributed by atoms with E-state index in [1.807, 2.05) is 31.2 Å². The van der Waals surface area contributed by atoms with Crippen LogP contribution in [0.2, 0.25) is 0 Å². The predicted octanol–water partition coefficient (Wildman–Crippen LogP) is 2.10. The van der Waals surface area contributed by atoms with Gasteiger partial charge in [0.2, 0.25) is 11.8 Å². The summed E-state index contributed by atoms with van der Waals surface area (Å²) in [6.07, 6.45) is -4.27. The summed E-state index contributed by atoms with van der Waals surface area (Å²) in [6.45, 7) is 0.552. The van der Waals surface area contributed by atoms with Gasteiger partial charge in [0.25, 0.3) is 0 Å². The van der Waals surface area contributed by atoms with Crippen LogP contribution >= 0.6 is 0 Å². The molecule has 22 heavy (non-hydrogen) atoms. The third-order valence-electron chi connectivity index (χ3n) is 3.62. The van der Waals surface area contributed by atoms with E-state index in [1.165, 1.54) is 0 Å². The molecule has 1 aliphatic carbocycles. The van der Waals surface area contributed by atoms with Gasteiger partial charge in [-0.25, -0.2) is 0 Å². The lowest BCUT2D eigenvalue weighted by Crippen LogP contribution is -2.38. The van der Waals surface area contributed by atoms with Crippen LogP contribution in [-0.2, 0) is 16.0 Å². The zero-order chi connectivity index (χ0) is 16.3. The fourth-order valence-electron chi connectivity index (χ4n) is 2.65. The Kier molecular flexibility index (Phi) is 4.73. The number of carbonyl (C=O) groups excluding carboxylic acids is 2. The SMILES string of the molecule is C[C@H]1Cc2ccccc2[C@H]1NC(=O)CC(=O)NCC(F)(F)F. The summed E-state index contributed by atoms with van der Waals surface area (Å²) in [5, 5.41) is 4.42. The smallest absolute Gasteiger partial charge is 0.349 e. The molecule has 4 nitrogen and oxygen atoms in total. The van der Waals surface area contributed by atoms with Crippen LogP contribution in [-0.4, -0.2) is 24.5 Å². The maximum absolute atomic E-state index is 12.0. The number of benzene rings is 1. The lowest BCUT2D eigenvalue weighted by atomic mass is 10.0. The molecule has 0 radical (unpaired) electrons. The molecule has 7 heteroatoms. The number of carbonyl (C=O) groups is 2. The molecule has 0 unspecified atom stereocenters. The minimum atomic E-state index is -4.48. The molecule has 2 rings (SSSR count). The van der Waals surface area contributed by atoms with Gasteiger partial charge < -0.3 is 10.6 Å². The number of nitrogens with one attached hydrogen (secondary N) is 2. The van der Waals surface area contributed by atoms with Gasteiger partial charge in [-0.05, 0) is 23.5 Å². The van der Waals surface area contributed by atoms with Crippen LogP contribution in [0.15, 0.2) is 24.3 Å². The molecule has 0 spiro atoms. The quantitative estimate of drug-likeness (QED) is 0.836. The van der Waals surface area contributed by atoms with Crippen LogP contribution in [0.4, 0.5) is 13.2 Å². The van der Waals surface area contributed by atoms with E-state index in [-0.39, 0.29) is 12.0 Å². The van der Waals surface area contributed by atoms with Gasteiger partial charge in [0.05, 0.1) is 6.04 Å². The van der Waals surface area contributed by atoms with Gasteiger partial charge in [-0.1, -0.05) is 31.2 Å². The number of halogens is 3. The molecule has 2 N–H and O–H groups in total. The number of hydrogen-bond acceptors (Lipinski definition) is 2. The highest BCUT2D eigenvalue weighted by atomic mass is 19.4. The van der Waals surface area contributed by atoms with Gasteiger partial charge in [-0.15, -0.1) is 0 Å². The maximum atomic E-state index is 12.0. The average Bonchev–Trinajstić information content (AvgIpc) is 2.72. The topological polar surface area (TPSA) is 58.2 Å². The van der Waals surface area contributed by atoms with E-state index < -0.39 is 31.0 Å². The van der Waals surface area contributed by atoms with E-state index in [0.717, 1.165) is 17.5 Å². The standard InChI is InChI=1S/C15H17F3N2O2/c1-9-6-10-4-2-3-5-11(10)14(9)20-13(22)7-12(21)19-8-15(16,17)18/h2-5,9,14H,6-8H2,1H3,(H,19,21)(H,20,22)/t9-,14-/m0/s1. The van der Waals surface area contributed by atoms with E-state index >= 15 is 0 Å². The fourth-order valence-corrected chi connectivity index (χ4v) is 2.65. The van der Waals surface area contributed by atoms with Crippen molar-refractivity contribution in [2.24, 2.45) is 5.92 Å². The first-order chi connectivity index (χ1) is 10.3. The number of amides is 2. The summed E-state index contributed by atoms with van der Waals surface area (Å²) >= 11 is 0. The Morgan fingerprint density at radius 1 is 1.23 bits per heavy atom. The second-order valence-electron chi connectivity index (χ2n) is 5.49. The average molecular weight is 314 g/mol. The van der Waals surface area contributed by atoms with Gasteiger partial charge >= 0.3 is 6.18 Å². The fraction of sp³-hybridized carbons (Fsp3) is 0.467. The van der Waals surface area contributed by atoms with Crippen LogP contribution in [0, 0.1) is 5.92 Å². The molecular weight excluding hydrogens is 297 g/mol. The molecule has 0 bridgehead atoms. The van der Waals surface area contributed by atoms with Crippen LogP contribution in [0.25, 0.3) is 0 Å². The van der Waals surface area contributed by atoms with Crippen molar-refractivity contribution < 1.29 is 22.8 Å². The molecule has 1 aromatic rings. The Morgan fingerprint density at radius 3 is 2.59 bits per heavy atom. The van der Waals surface area contributed by atoms with Crippen LogP contribution in [0.3, 0.4) is 0 Å². The molecule has 2 atom stereocenters. The Bertz CT molecular complexity index is 572. The largest absolute Gasteiger partial charge is 0.405 e. The number of alkyl halides is 3. The lowest BCUT2D eigenvalue weighted by molar-refractivity contribution is -0.141. The Balaban J connectivity index is 1.89. The van der Waals surface area contributed by atoms with Gasteiger partial charge in [0.1, 0.15) is 13.0 Å². The monoisotopic (exact) mass is 314 g/mol.